The van der Waals surface area contributed by atoms with Gasteiger partial charge in [-0.05, 0) is 6.07 Å². The van der Waals surface area contributed by atoms with Gasteiger partial charge < -0.3 is 10.4 Å². The van der Waals surface area contributed by atoms with Crippen molar-refractivity contribution in [3.8, 4) is 0 Å². The lowest BCUT2D eigenvalue weighted by Gasteiger charge is -2.19. The highest BCUT2D eigenvalue weighted by Gasteiger charge is 2.20. The second-order valence-electron chi connectivity index (χ2n) is 6.19. The first-order chi connectivity index (χ1) is 9.89. The maximum absolute atomic E-state index is 13.6. The molecule has 2 rings (SSSR count). The molecule has 3 N–H and O–H groups in total. The van der Waals surface area contributed by atoms with E-state index in [9.17, 15) is 9.50 Å². The van der Waals surface area contributed by atoms with Gasteiger partial charge in [-0.1, -0.05) is 39.0 Å². The Kier molecular flexibility index (Phi) is 4.75. The Morgan fingerprint density at radius 1 is 1.33 bits per heavy atom. The fourth-order valence-electron chi connectivity index (χ4n) is 2.29. The lowest BCUT2D eigenvalue weighted by Crippen LogP contribution is -2.23. The molecule has 1 unspecified atom stereocenters. The summed E-state index contributed by atoms with van der Waals surface area (Å²) in [4.78, 5) is 0. The van der Waals surface area contributed by atoms with E-state index < -0.39 is 6.10 Å². The van der Waals surface area contributed by atoms with Gasteiger partial charge in [-0.25, -0.2) is 4.39 Å². The van der Waals surface area contributed by atoms with E-state index in [2.05, 4.69) is 36.3 Å². The molecule has 2 aromatic rings. The van der Waals surface area contributed by atoms with Crippen molar-refractivity contribution < 1.29 is 9.50 Å². The Hall–Kier alpha value is -1.72. The summed E-state index contributed by atoms with van der Waals surface area (Å²) < 4.78 is 13.6. The van der Waals surface area contributed by atoms with Crippen LogP contribution in [-0.4, -0.2) is 21.8 Å². The first kappa shape index (κ1) is 15.7. The highest BCUT2D eigenvalue weighted by Crippen LogP contribution is 2.23. The van der Waals surface area contributed by atoms with Crippen molar-refractivity contribution >= 4 is 0 Å². The van der Waals surface area contributed by atoms with Gasteiger partial charge in [-0.2, -0.15) is 5.10 Å². The Morgan fingerprint density at radius 2 is 2.05 bits per heavy atom. The Balaban J connectivity index is 1.94. The van der Waals surface area contributed by atoms with Gasteiger partial charge in [0.1, 0.15) is 5.82 Å². The minimum Gasteiger partial charge on any atom is -0.387 e. The van der Waals surface area contributed by atoms with Crippen molar-refractivity contribution in [2.24, 2.45) is 0 Å². The first-order valence-corrected chi connectivity index (χ1v) is 7.05. The molecule has 1 heterocycles. The molecule has 0 saturated heterocycles. The third-order valence-electron chi connectivity index (χ3n) is 3.39. The van der Waals surface area contributed by atoms with Gasteiger partial charge in [0.15, 0.2) is 0 Å². The van der Waals surface area contributed by atoms with Crippen LogP contribution in [0.15, 0.2) is 30.5 Å². The van der Waals surface area contributed by atoms with Crippen LogP contribution in [0.5, 0.6) is 0 Å². The van der Waals surface area contributed by atoms with Crippen molar-refractivity contribution in [1.29, 1.82) is 0 Å². The SMILES string of the molecule is CC(C)(C)c1[nH]ncc1CNCC(O)c1ccccc1F. The number of rotatable bonds is 5. The molecule has 114 valence electrons. The van der Waals surface area contributed by atoms with Crippen LogP contribution in [0.3, 0.4) is 0 Å². The standard InChI is InChI=1S/C16H22FN3O/c1-16(2,3)15-11(9-19-20-15)8-18-10-14(21)12-6-4-5-7-13(12)17/h4-7,9,14,18,21H,8,10H2,1-3H3,(H,19,20). The predicted molar refractivity (Wildman–Crippen MR) is 80.4 cm³/mol. The fraction of sp³-hybridized carbons (Fsp3) is 0.438. The van der Waals surface area contributed by atoms with E-state index in [1.165, 1.54) is 6.07 Å². The van der Waals surface area contributed by atoms with E-state index in [1.807, 2.05) is 0 Å². The van der Waals surface area contributed by atoms with Gasteiger partial charge in [-0.3, -0.25) is 5.10 Å². The van der Waals surface area contributed by atoms with Gasteiger partial charge >= 0.3 is 0 Å². The first-order valence-electron chi connectivity index (χ1n) is 7.05. The number of benzene rings is 1. The Labute approximate surface area is 124 Å². The van der Waals surface area contributed by atoms with Crippen molar-refractivity contribution in [2.45, 2.75) is 38.8 Å². The number of aromatic amines is 1. The van der Waals surface area contributed by atoms with Crippen molar-refractivity contribution in [3.05, 3.63) is 53.1 Å². The summed E-state index contributed by atoms with van der Waals surface area (Å²) in [7, 11) is 0. The van der Waals surface area contributed by atoms with E-state index in [-0.39, 0.29) is 17.8 Å². The predicted octanol–water partition coefficient (Wildman–Crippen LogP) is 2.67. The molecule has 1 aromatic heterocycles. The molecule has 0 bridgehead atoms. The zero-order chi connectivity index (χ0) is 15.5. The van der Waals surface area contributed by atoms with Gasteiger partial charge in [0.2, 0.25) is 0 Å². The minimum absolute atomic E-state index is 0.0162. The maximum Gasteiger partial charge on any atom is 0.129 e. The van der Waals surface area contributed by atoms with Gasteiger partial charge in [0.05, 0.1) is 12.3 Å². The molecule has 0 aliphatic rings. The fourth-order valence-corrected chi connectivity index (χ4v) is 2.29. The molecule has 0 fully saturated rings. The number of aliphatic hydroxyl groups excluding tert-OH is 1. The molecule has 4 nitrogen and oxygen atoms in total. The number of aromatic nitrogens is 2. The van der Waals surface area contributed by atoms with E-state index in [0.29, 0.717) is 12.1 Å². The largest absolute Gasteiger partial charge is 0.387 e. The zero-order valence-corrected chi connectivity index (χ0v) is 12.7. The van der Waals surface area contributed by atoms with Crippen LogP contribution in [0.2, 0.25) is 0 Å². The lowest BCUT2D eigenvalue weighted by molar-refractivity contribution is 0.169. The lowest BCUT2D eigenvalue weighted by atomic mass is 9.89. The molecule has 0 saturated carbocycles. The number of hydrogen-bond acceptors (Lipinski definition) is 3. The average Bonchev–Trinajstić information content (AvgIpc) is 2.87. The second kappa shape index (κ2) is 6.37. The topological polar surface area (TPSA) is 60.9 Å². The van der Waals surface area contributed by atoms with Crippen LogP contribution in [-0.2, 0) is 12.0 Å². The third-order valence-corrected chi connectivity index (χ3v) is 3.39. The number of halogens is 1. The van der Waals surface area contributed by atoms with Crippen LogP contribution < -0.4 is 5.32 Å². The monoisotopic (exact) mass is 291 g/mol. The summed E-state index contributed by atoms with van der Waals surface area (Å²) in [5.41, 5.74) is 2.42. The molecule has 0 amide bonds. The number of aliphatic hydroxyl groups is 1. The molecule has 0 aliphatic heterocycles. The van der Waals surface area contributed by atoms with Crippen LogP contribution in [0.4, 0.5) is 4.39 Å². The number of nitrogens with one attached hydrogen (secondary N) is 2. The minimum atomic E-state index is -0.865. The maximum atomic E-state index is 13.6. The molecule has 1 atom stereocenters. The highest BCUT2D eigenvalue weighted by molar-refractivity contribution is 5.23. The number of H-pyrrole nitrogens is 1. The molecule has 21 heavy (non-hydrogen) atoms. The van der Waals surface area contributed by atoms with E-state index in [4.69, 9.17) is 0 Å². The number of nitrogens with zero attached hydrogens (tertiary/aromatic N) is 1. The van der Waals surface area contributed by atoms with Crippen LogP contribution in [0, 0.1) is 5.82 Å². The molecule has 0 aliphatic carbocycles. The van der Waals surface area contributed by atoms with Crippen molar-refractivity contribution in [2.75, 3.05) is 6.54 Å². The molecule has 1 aromatic carbocycles. The van der Waals surface area contributed by atoms with Gasteiger partial charge in [-0.15, -0.1) is 0 Å². The summed E-state index contributed by atoms with van der Waals surface area (Å²) >= 11 is 0. The molecular weight excluding hydrogens is 269 g/mol. The van der Waals surface area contributed by atoms with Crippen LogP contribution in [0.1, 0.15) is 43.7 Å². The third kappa shape index (κ3) is 3.89. The summed E-state index contributed by atoms with van der Waals surface area (Å²) in [5.74, 6) is -0.384. The molecule has 5 heteroatoms. The summed E-state index contributed by atoms with van der Waals surface area (Å²) in [6.07, 6.45) is 0.916. The summed E-state index contributed by atoms with van der Waals surface area (Å²) in [5, 5.41) is 20.3. The van der Waals surface area contributed by atoms with Crippen molar-refractivity contribution in [1.82, 2.24) is 15.5 Å². The van der Waals surface area contributed by atoms with Gasteiger partial charge in [0.25, 0.3) is 0 Å². The van der Waals surface area contributed by atoms with E-state index >= 15 is 0 Å². The molecule has 0 radical (unpaired) electrons. The van der Waals surface area contributed by atoms with Crippen LogP contribution >= 0.6 is 0 Å². The Morgan fingerprint density at radius 3 is 2.71 bits per heavy atom. The van der Waals surface area contributed by atoms with Crippen LogP contribution in [0.25, 0.3) is 0 Å². The van der Waals surface area contributed by atoms with Gasteiger partial charge in [0, 0.05) is 35.3 Å². The van der Waals surface area contributed by atoms with Crippen molar-refractivity contribution in [3.63, 3.8) is 0 Å². The normalized spacial score (nSPS) is 13.4. The molecular formula is C16H22FN3O. The average molecular weight is 291 g/mol. The van der Waals surface area contributed by atoms with E-state index in [1.54, 1.807) is 24.4 Å². The van der Waals surface area contributed by atoms with E-state index in [0.717, 1.165) is 11.3 Å². The molecule has 0 spiro atoms. The zero-order valence-electron chi connectivity index (χ0n) is 12.7. The Bertz CT molecular complexity index is 589. The smallest absolute Gasteiger partial charge is 0.129 e. The summed E-state index contributed by atoms with van der Waals surface area (Å²) in [6, 6.07) is 6.28. The number of hydrogen-bond donors (Lipinski definition) is 3. The highest BCUT2D eigenvalue weighted by atomic mass is 19.1. The summed E-state index contributed by atoms with van der Waals surface area (Å²) in [6.45, 7) is 7.19. The second-order valence-corrected chi connectivity index (χ2v) is 6.19. The quantitative estimate of drug-likeness (QED) is 0.793.